The predicted octanol–water partition coefficient (Wildman–Crippen LogP) is 0.637. The van der Waals surface area contributed by atoms with Gasteiger partial charge in [0.15, 0.2) is 0 Å². The van der Waals surface area contributed by atoms with Crippen molar-refractivity contribution in [3.8, 4) is 0 Å². The molecule has 1 rings (SSSR count). The van der Waals surface area contributed by atoms with Gasteiger partial charge < -0.3 is 16.2 Å². The fraction of sp³-hybridized carbons (Fsp3) is 0.917. The summed E-state index contributed by atoms with van der Waals surface area (Å²) in [5, 5.41) is 12.4. The van der Waals surface area contributed by atoms with Gasteiger partial charge in [-0.25, -0.2) is 0 Å². The number of aliphatic hydroxyl groups is 1. The maximum absolute atomic E-state index is 11.6. The van der Waals surface area contributed by atoms with Gasteiger partial charge in [-0.3, -0.25) is 4.79 Å². The minimum Gasteiger partial charge on any atom is -0.393 e. The van der Waals surface area contributed by atoms with Gasteiger partial charge in [0.25, 0.3) is 0 Å². The van der Waals surface area contributed by atoms with Crippen molar-refractivity contribution >= 4 is 5.91 Å². The molecule has 1 fully saturated rings. The lowest BCUT2D eigenvalue weighted by Gasteiger charge is -2.26. The molecule has 3 atom stereocenters. The van der Waals surface area contributed by atoms with Gasteiger partial charge in [0.1, 0.15) is 0 Å². The van der Waals surface area contributed by atoms with Gasteiger partial charge in [0, 0.05) is 6.54 Å². The molecule has 1 aliphatic carbocycles. The minimum atomic E-state index is -0.423. The van der Waals surface area contributed by atoms with Gasteiger partial charge in [-0.15, -0.1) is 0 Å². The van der Waals surface area contributed by atoms with E-state index in [4.69, 9.17) is 5.73 Å². The Morgan fingerprint density at radius 1 is 1.50 bits per heavy atom. The molecule has 16 heavy (non-hydrogen) atoms. The van der Waals surface area contributed by atoms with Gasteiger partial charge in [-0.1, -0.05) is 20.3 Å². The summed E-state index contributed by atoms with van der Waals surface area (Å²) in [5.74, 6) is 0.499. The number of hydrogen-bond donors (Lipinski definition) is 3. The Kier molecular flexibility index (Phi) is 5.22. The van der Waals surface area contributed by atoms with Crippen LogP contribution in [0.15, 0.2) is 0 Å². The molecule has 4 heteroatoms. The lowest BCUT2D eigenvalue weighted by molar-refractivity contribution is -0.123. The highest BCUT2D eigenvalue weighted by molar-refractivity contribution is 5.81. The second kappa shape index (κ2) is 6.21. The Morgan fingerprint density at radius 2 is 2.19 bits per heavy atom. The number of hydrogen-bond acceptors (Lipinski definition) is 3. The van der Waals surface area contributed by atoms with Crippen LogP contribution in [-0.2, 0) is 4.79 Å². The Morgan fingerprint density at radius 3 is 2.75 bits per heavy atom. The first-order valence-electron chi connectivity index (χ1n) is 6.22. The average Bonchev–Trinajstić information content (AvgIpc) is 2.24. The normalized spacial score (nSPS) is 27.8. The van der Waals surface area contributed by atoms with Crippen LogP contribution in [0.25, 0.3) is 0 Å². The number of carbonyl (C=O) groups excluding carboxylic acids is 1. The zero-order valence-corrected chi connectivity index (χ0v) is 10.3. The summed E-state index contributed by atoms with van der Waals surface area (Å²) in [7, 11) is 0. The van der Waals surface area contributed by atoms with Crippen LogP contribution in [-0.4, -0.2) is 29.7 Å². The Balaban J connectivity index is 2.25. The third-order valence-electron chi connectivity index (χ3n) is 3.34. The predicted molar refractivity (Wildman–Crippen MR) is 63.8 cm³/mol. The van der Waals surface area contributed by atoms with Crippen molar-refractivity contribution in [2.45, 2.75) is 51.7 Å². The molecule has 0 spiro atoms. The average molecular weight is 228 g/mol. The van der Waals surface area contributed by atoms with E-state index < -0.39 is 6.04 Å². The number of nitrogens with two attached hydrogens (primary N) is 1. The first-order valence-corrected chi connectivity index (χ1v) is 6.22. The largest absolute Gasteiger partial charge is 0.393 e. The van der Waals surface area contributed by atoms with Gasteiger partial charge in [-0.2, -0.15) is 0 Å². The van der Waals surface area contributed by atoms with Crippen LogP contribution in [0.4, 0.5) is 0 Å². The Hall–Kier alpha value is -0.610. The second-order valence-electron chi connectivity index (χ2n) is 5.20. The number of carbonyl (C=O) groups is 1. The van der Waals surface area contributed by atoms with Crippen LogP contribution >= 0.6 is 0 Å². The van der Waals surface area contributed by atoms with Crippen molar-refractivity contribution in [1.82, 2.24) is 5.32 Å². The highest BCUT2D eigenvalue weighted by atomic mass is 16.3. The van der Waals surface area contributed by atoms with Crippen molar-refractivity contribution in [2.24, 2.45) is 17.6 Å². The van der Waals surface area contributed by atoms with E-state index in [1.807, 2.05) is 13.8 Å². The first kappa shape index (κ1) is 13.5. The van der Waals surface area contributed by atoms with Crippen molar-refractivity contribution < 1.29 is 9.90 Å². The van der Waals surface area contributed by atoms with Gasteiger partial charge in [0.2, 0.25) is 5.91 Å². The van der Waals surface area contributed by atoms with Crippen molar-refractivity contribution in [3.63, 3.8) is 0 Å². The van der Waals surface area contributed by atoms with Gasteiger partial charge >= 0.3 is 0 Å². The summed E-state index contributed by atoms with van der Waals surface area (Å²) in [5.41, 5.74) is 5.74. The summed E-state index contributed by atoms with van der Waals surface area (Å²) >= 11 is 0. The molecule has 0 bridgehead atoms. The molecule has 0 saturated heterocycles. The summed E-state index contributed by atoms with van der Waals surface area (Å²) in [4.78, 5) is 11.6. The summed E-state index contributed by atoms with van der Waals surface area (Å²) in [6.45, 7) is 4.53. The van der Waals surface area contributed by atoms with E-state index in [1.165, 1.54) is 0 Å². The fourth-order valence-corrected chi connectivity index (χ4v) is 2.11. The molecule has 3 unspecified atom stereocenters. The standard InChI is InChI=1S/C12H24N2O2/c1-8(2)11(13)12(16)14-7-9-4-3-5-10(15)6-9/h8-11,15H,3-7,13H2,1-2H3,(H,14,16). The maximum atomic E-state index is 11.6. The topological polar surface area (TPSA) is 75.4 Å². The Bertz CT molecular complexity index is 231. The minimum absolute atomic E-state index is 0.0740. The molecule has 0 aromatic heterocycles. The number of aliphatic hydroxyl groups excluding tert-OH is 1. The molecule has 1 aliphatic rings. The quantitative estimate of drug-likeness (QED) is 0.661. The molecule has 1 amide bonds. The van der Waals surface area contributed by atoms with Crippen molar-refractivity contribution in [1.29, 1.82) is 0 Å². The zero-order chi connectivity index (χ0) is 12.1. The molecule has 0 aliphatic heterocycles. The molecule has 0 aromatic rings. The number of amides is 1. The van der Waals surface area contributed by atoms with Crippen molar-refractivity contribution in [2.75, 3.05) is 6.54 Å². The molecule has 4 nitrogen and oxygen atoms in total. The first-order chi connectivity index (χ1) is 7.50. The van der Waals surface area contributed by atoms with E-state index >= 15 is 0 Å². The Labute approximate surface area is 97.6 Å². The van der Waals surface area contributed by atoms with Crippen LogP contribution in [0, 0.1) is 11.8 Å². The molecule has 0 heterocycles. The maximum Gasteiger partial charge on any atom is 0.237 e. The van der Waals surface area contributed by atoms with Crippen LogP contribution in [0.2, 0.25) is 0 Å². The lowest BCUT2D eigenvalue weighted by Crippen LogP contribution is -2.45. The van der Waals surface area contributed by atoms with E-state index in [-0.39, 0.29) is 17.9 Å². The van der Waals surface area contributed by atoms with E-state index in [9.17, 15) is 9.90 Å². The molecular weight excluding hydrogens is 204 g/mol. The highest BCUT2D eigenvalue weighted by Gasteiger charge is 2.22. The van der Waals surface area contributed by atoms with Crippen LogP contribution in [0.3, 0.4) is 0 Å². The molecule has 4 N–H and O–H groups in total. The van der Waals surface area contributed by atoms with Gasteiger partial charge in [-0.05, 0) is 31.1 Å². The molecule has 0 radical (unpaired) electrons. The molecule has 1 saturated carbocycles. The lowest BCUT2D eigenvalue weighted by atomic mass is 9.87. The smallest absolute Gasteiger partial charge is 0.237 e. The van der Waals surface area contributed by atoms with Gasteiger partial charge in [0.05, 0.1) is 12.1 Å². The van der Waals surface area contributed by atoms with E-state index in [2.05, 4.69) is 5.32 Å². The second-order valence-corrected chi connectivity index (χ2v) is 5.20. The third-order valence-corrected chi connectivity index (χ3v) is 3.34. The fourth-order valence-electron chi connectivity index (χ4n) is 2.11. The molecular formula is C12H24N2O2. The van der Waals surface area contributed by atoms with Crippen LogP contribution < -0.4 is 11.1 Å². The number of rotatable bonds is 4. The SMILES string of the molecule is CC(C)C(N)C(=O)NCC1CCCC(O)C1. The summed E-state index contributed by atoms with van der Waals surface area (Å²) in [6.07, 6.45) is 3.66. The molecule has 0 aromatic carbocycles. The van der Waals surface area contributed by atoms with Crippen LogP contribution in [0.1, 0.15) is 39.5 Å². The van der Waals surface area contributed by atoms with Crippen molar-refractivity contribution in [3.05, 3.63) is 0 Å². The zero-order valence-electron chi connectivity index (χ0n) is 10.3. The molecule has 94 valence electrons. The van der Waals surface area contributed by atoms with Crippen LogP contribution in [0.5, 0.6) is 0 Å². The summed E-state index contributed by atoms with van der Waals surface area (Å²) in [6, 6.07) is -0.423. The van der Waals surface area contributed by atoms with E-state index in [1.54, 1.807) is 0 Å². The highest BCUT2D eigenvalue weighted by Crippen LogP contribution is 2.23. The van der Waals surface area contributed by atoms with E-state index in [0.29, 0.717) is 12.5 Å². The third kappa shape index (κ3) is 4.10. The summed E-state index contributed by atoms with van der Waals surface area (Å²) < 4.78 is 0. The number of nitrogens with one attached hydrogen (secondary N) is 1. The monoisotopic (exact) mass is 228 g/mol. The van der Waals surface area contributed by atoms with E-state index in [0.717, 1.165) is 25.7 Å².